The smallest absolute Gasteiger partial charge is 0.306 e. The number of unbranched alkanes of at least 4 members (excludes halogenated alkanes) is 40. The highest BCUT2D eigenvalue weighted by Gasteiger charge is 2.19. The maximum atomic E-state index is 12.9. The van der Waals surface area contributed by atoms with E-state index in [1.54, 1.807) is 0 Å². The second kappa shape index (κ2) is 64.6. The number of ether oxygens (including phenoxy) is 3. The summed E-state index contributed by atoms with van der Waals surface area (Å²) >= 11 is 0. The molecule has 0 aliphatic carbocycles. The van der Waals surface area contributed by atoms with Gasteiger partial charge in [-0.2, -0.15) is 0 Å². The molecule has 0 N–H and O–H groups in total. The van der Waals surface area contributed by atoms with Gasteiger partial charge in [-0.25, -0.2) is 0 Å². The van der Waals surface area contributed by atoms with E-state index in [0.29, 0.717) is 19.3 Å². The van der Waals surface area contributed by atoms with Crippen LogP contribution >= 0.6 is 0 Å². The Hall–Kier alpha value is -2.89. The van der Waals surface area contributed by atoms with E-state index < -0.39 is 6.10 Å². The van der Waals surface area contributed by atoms with Gasteiger partial charge in [0.25, 0.3) is 0 Å². The summed E-state index contributed by atoms with van der Waals surface area (Å²) in [5.74, 6) is -0.899. The van der Waals surface area contributed by atoms with Crippen LogP contribution in [0.1, 0.15) is 348 Å². The molecule has 0 aromatic heterocycles. The zero-order chi connectivity index (χ0) is 55.0. The number of hydrogen-bond donors (Lipinski definition) is 0. The second-order valence-electron chi connectivity index (χ2n) is 22.4. The third-order valence-electron chi connectivity index (χ3n) is 14.8. The first kappa shape index (κ1) is 73.1. The predicted molar refractivity (Wildman–Crippen MR) is 330 cm³/mol. The molecule has 0 rings (SSSR count). The summed E-state index contributed by atoms with van der Waals surface area (Å²) in [5, 5.41) is 0. The Labute approximate surface area is 472 Å². The van der Waals surface area contributed by atoms with E-state index in [1.807, 2.05) is 0 Å². The monoisotopic (exact) mass is 1060 g/mol. The Morgan fingerprint density at radius 1 is 0.276 bits per heavy atom. The average molecular weight is 1060 g/mol. The summed E-state index contributed by atoms with van der Waals surface area (Å²) in [7, 11) is 0. The first-order valence-electron chi connectivity index (χ1n) is 33.3. The highest BCUT2D eigenvalue weighted by atomic mass is 16.6. The molecule has 0 aromatic rings. The largest absolute Gasteiger partial charge is 0.462 e. The van der Waals surface area contributed by atoms with Gasteiger partial charge in [0.15, 0.2) is 6.10 Å². The van der Waals surface area contributed by atoms with Crippen molar-refractivity contribution in [2.24, 2.45) is 0 Å². The minimum absolute atomic E-state index is 0.0839. The lowest BCUT2D eigenvalue weighted by Gasteiger charge is -2.18. The lowest BCUT2D eigenvalue weighted by molar-refractivity contribution is -0.167. The number of hydrogen-bond acceptors (Lipinski definition) is 6. The van der Waals surface area contributed by atoms with Crippen LogP contribution in [0.3, 0.4) is 0 Å². The third-order valence-corrected chi connectivity index (χ3v) is 14.8. The molecule has 0 aliphatic heterocycles. The van der Waals surface area contributed by atoms with Crippen LogP contribution in [0.2, 0.25) is 0 Å². The van der Waals surface area contributed by atoms with Crippen molar-refractivity contribution in [3.63, 3.8) is 0 Å². The second-order valence-corrected chi connectivity index (χ2v) is 22.4. The number of allylic oxidation sites excluding steroid dienone is 10. The van der Waals surface area contributed by atoms with Crippen LogP contribution in [0.4, 0.5) is 0 Å². The van der Waals surface area contributed by atoms with Crippen molar-refractivity contribution < 1.29 is 28.6 Å². The van der Waals surface area contributed by atoms with Crippen molar-refractivity contribution in [2.45, 2.75) is 354 Å². The summed E-state index contributed by atoms with van der Waals surface area (Å²) in [4.78, 5) is 38.3. The fraction of sp³-hybridized carbons (Fsp3) is 0.814. The minimum Gasteiger partial charge on any atom is -0.462 e. The van der Waals surface area contributed by atoms with Gasteiger partial charge in [0, 0.05) is 19.3 Å². The quantitative estimate of drug-likeness (QED) is 0.0261. The van der Waals surface area contributed by atoms with Gasteiger partial charge in [-0.3, -0.25) is 14.4 Å². The van der Waals surface area contributed by atoms with E-state index in [4.69, 9.17) is 14.2 Å². The first-order chi connectivity index (χ1) is 37.5. The molecule has 0 bridgehead atoms. The molecule has 1 unspecified atom stereocenters. The molecule has 0 radical (unpaired) electrons. The van der Waals surface area contributed by atoms with Crippen LogP contribution in [0.15, 0.2) is 60.8 Å². The van der Waals surface area contributed by atoms with E-state index in [2.05, 4.69) is 81.5 Å². The molecule has 6 heteroatoms. The van der Waals surface area contributed by atoms with Gasteiger partial charge >= 0.3 is 17.9 Å². The molecule has 0 fully saturated rings. The van der Waals surface area contributed by atoms with Gasteiger partial charge in [-0.05, 0) is 83.5 Å². The molecular weight excluding hydrogens is 937 g/mol. The molecule has 1 atom stereocenters. The molecule has 442 valence electrons. The SMILES string of the molecule is CC/C=C\C/C=C\C/C=C\C/C=C\CCCCCCC(=O)OC(COC(=O)CCCCCCC/C=C\CCCCCC)COC(=O)CCCCCCCCCCCCCCCCCCCCCCCCCCCCCC. The molecule has 0 aromatic carbocycles. The Morgan fingerprint density at radius 2 is 0.513 bits per heavy atom. The molecule has 0 heterocycles. The standard InChI is InChI=1S/C70H126O6/c1-4-7-10-13-16-19-22-25-27-29-30-31-32-33-34-35-36-37-38-39-41-42-45-48-51-54-57-60-63-69(72)75-66-67(65-74-68(71)62-59-56-53-50-47-44-24-21-18-15-12-9-6-3)76-70(73)64-61-58-55-52-49-46-43-40-28-26-23-20-17-14-11-8-5-2/h8,11,17,20-21,24,26,28,43,46,67H,4-7,9-10,12-16,18-19,22-23,25,27,29-42,44-45,47-66H2,1-3H3/b11-8-,20-17-,24-21-,28-26-,46-43-. The average Bonchev–Trinajstić information content (AvgIpc) is 3.42. The number of esters is 3. The van der Waals surface area contributed by atoms with Crippen molar-refractivity contribution in [3.05, 3.63) is 60.8 Å². The maximum Gasteiger partial charge on any atom is 0.306 e. The summed E-state index contributed by atoms with van der Waals surface area (Å²) in [5.41, 5.74) is 0. The van der Waals surface area contributed by atoms with Gasteiger partial charge in [-0.15, -0.1) is 0 Å². The summed E-state index contributed by atoms with van der Waals surface area (Å²) in [6.07, 6.45) is 82.5. The topological polar surface area (TPSA) is 78.9 Å². The number of carbonyl (C=O) groups excluding carboxylic acids is 3. The van der Waals surface area contributed by atoms with Crippen LogP contribution in [0, 0.1) is 0 Å². The van der Waals surface area contributed by atoms with Crippen LogP contribution < -0.4 is 0 Å². The van der Waals surface area contributed by atoms with Gasteiger partial charge < -0.3 is 14.2 Å². The van der Waals surface area contributed by atoms with Gasteiger partial charge in [0.05, 0.1) is 0 Å². The van der Waals surface area contributed by atoms with Gasteiger partial charge in [-0.1, -0.05) is 306 Å². The zero-order valence-corrected chi connectivity index (χ0v) is 50.8. The predicted octanol–water partition coefficient (Wildman–Crippen LogP) is 22.7. The molecule has 76 heavy (non-hydrogen) atoms. The Morgan fingerprint density at radius 3 is 0.829 bits per heavy atom. The highest BCUT2D eigenvalue weighted by Crippen LogP contribution is 2.18. The molecule has 6 nitrogen and oxygen atoms in total. The Kier molecular flexibility index (Phi) is 62.2. The van der Waals surface area contributed by atoms with Gasteiger partial charge in [0.1, 0.15) is 13.2 Å². The molecular formula is C70H126O6. The lowest BCUT2D eigenvalue weighted by atomic mass is 10.0. The molecule has 0 aliphatic rings. The third kappa shape index (κ3) is 62.0. The molecule has 0 saturated carbocycles. The van der Waals surface area contributed by atoms with E-state index in [9.17, 15) is 14.4 Å². The molecule has 0 saturated heterocycles. The number of rotatable bonds is 61. The molecule has 0 spiro atoms. The minimum atomic E-state index is -0.790. The van der Waals surface area contributed by atoms with E-state index in [-0.39, 0.29) is 31.1 Å². The van der Waals surface area contributed by atoms with Crippen LogP contribution in [-0.4, -0.2) is 37.2 Å². The van der Waals surface area contributed by atoms with E-state index >= 15 is 0 Å². The fourth-order valence-electron chi connectivity index (χ4n) is 9.79. The fourth-order valence-corrected chi connectivity index (χ4v) is 9.79. The van der Waals surface area contributed by atoms with Crippen molar-refractivity contribution in [1.29, 1.82) is 0 Å². The summed E-state index contributed by atoms with van der Waals surface area (Å²) in [6.45, 7) is 6.53. The Balaban J connectivity index is 4.22. The van der Waals surface area contributed by atoms with Crippen LogP contribution in [0.5, 0.6) is 0 Å². The van der Waals surface area contributed by atoms with Crippen molar-refractivity contribution >= 4 is 17.9 Å². The summed E-state index contributed by atoms with van der Waals surface area (Å²) < 4.78 is 16.9. The normalized spacial score (nSPS) is 12.4. The van der Waals surface area contributed by atoms with Crippen molar-refractivity contribution in [3.8, 4) is 0 Å². The van der Waals surface area contributed by atoms with Crippen molar-refractivity contribution in [2.75, 3.05) is 13.2 Å². The van der Waals surface area contributed by atoms with Crippen LogP contribution in [0.25, 0.3) is 0 Å². The zero-order valence-electron chi connectivity index (χ0n) is 50.8. The van der Waals surface area contributed by atoms with Gasteiger partial charge in [0.2, 0.25) is 0 Å². The van der Waals surface area contributed by atoms with E-state index in [1.165, 1.54) is 205 Å². The summed E-state index contributed by atoms with van der Waals surface area (Å²) in [6, 6.07) is 0. The maximum absolute atomic E-state index is 12.9. The first-order valence-corrected chi connectivity index (χ1v) is 33.3. The lowest BCUT2D eigenvalue weighted by Crippen LogP contribution is -2.30. The molecule has 0 amide bonds. The van der Waals surface area contributed by atoms with E-state index in [0.717, 1.165) is 103 Å². The highest BCUT2D eigenvalue weighted by molar-refractivity contribution is 5.71. The van der Waals surface area contributed by atoms with Crippen molar-refractivity contribution in [1.82, 2.24) is 0 Å². The Bertz CT molecular complexity index is 1360. The van der Waals surface area contributed by atoms with Crippen LogP contribution in [-0.2, 0) is 28.6 Å². The number of carbonyl (C=O) groups is 3.